The number of nitro groups is 1. The van der Waals surface area contributed by atoms with Crippen LogP contribution in [0.25, 0.3) is 0 Å². The number of nitro benzene ring substituents is 1. The molecule has 24 heavy (non-hydrogen) atoms. The molecule has 128 valence electrons. The zero-order valence-electron chi connectivity index (χ0n) is 11.9. The van der Waals surface area contributed by atoms with Crippen LogP contribution in [0.3, 0.4) is 0 Å². The van der Waals surface area contributed by atoms with Crippen LogP contribution in [0.1, 0.15) is 23.2 Å². The molecule has 0 radical (unpaired) electrons. The molecule has 0 aliphatic carbocycles. The maximum absolute atomic E-state index is 11.8. The normalized spacial score (nSPS) is 12.7. The molecule has 1 unspecified atom stereocenters. The molecule has 0 amide bonds. The molecule has 1 aromatic carbocycles. The third-order valence-electron chi connectivity index (χ3n) is 2.81. The molecule has 1 aromatic rings. The minimum Gasteiger partial charge on any atom is -0.481 e. The van der Waals surface area contributed by atoms with Crippen LogP contribution in [-0.4, -0.2) is 49.7 Å². The van der Waals surface area contributed by atoms with Crippen LogP contribution in [-0.2, 0) is 19.1 Å². The number of carboxylic acid groups (broad SMARTS) is 2. The van der Waals surface area contributed by atoms with Crippen molar-refractivity contribution in [2.45, 2.75) is 18.4 Å². The number of carbonyl (C=O) groups excluding carboxylic acids is 2. The number of hydrogen-bond donors (Lipinski definition) is 3. The van der Waals surface area contributed by atoms with Gasteiger partial charge in [0.15, 0.2) is 5.60 Å². The molecule has 0 aromatic heterocycles. The Labute approximate surface area is 133 Å². The lowest BCUT2D eigenvalue weighted by molar-refractivity contribution is -0.385. The van der Waals surface area contributed by atoms with E-state index in [1.165, 1.54) is 12.1 Å². The summed E-state index contributed by atoms with van der Waals surface area (Å²) in [5.74, 6) is -6.68. The third kappa shape index (κ3) is 4.58. The molecule has 1 atom stereocenters. The van der Waals surface area contributed by atoms with Crippen molar-refractivity contribution < 1.29 is 44.2 Å². The highest BCUT2D eigenvalue weighted by Gasteiger charge is 2.42. The van der Waals surface area contributed by atoms with Gasteiger partial charge < -0.3 is 20.1 Å². The minimum absolute atomic E-state index is 0.562. The molecule has 0 saturated carbocycles. The van der Waals surface area contributed by atoms with Gasteiger partial charge in [-0.05, 0) is 6.07 Å². The molecular weight excluding hydrogens is 330 g/mol. The van der Waals surface area contributed by atoms with Gasteiger partial charge >= 0.3 is 23.9 Å². The van der Waals surface area contributed by atoms with Crippen molar-refractivity contribution in [3.8, 4) is 0 Å². The van der Waals surface area contributed by atoms with Crippen LogP contribution < -0.4 is 0 Å². The Morgan fingerprint density at radius 2 is 1.71 bits per heavy atom. The van der Waals surface area contributed by atoms with Crippen LogP contribution in [0.5, 0.6) is 0 Å². The average molecular weight is 341 g/mol. The van der Waals surface area contributed by atoms with Gasteiger partial charge in [-0.3, -0.25) is 19.7 Å². The number of hydrogen-bond acceptors (Lipinski definition) is 8. The largest absolute Gasteiger partial charge is 0.481 e. The average Bonchev–Trinajstić information content (AvgIpc) is 2.45. The first kappa shape index (κ1) is 18.7. The van der Waals surface area contributed by atoms with Gasteiger partial charge in [-0.1, -0.05) is 12.1 Å². The van der Waals surface area contributed by atoms with Crippen LogP contribution in [0.2, 0.25) is 0 Å². The van der Waals surface area contributed by atoms with E-state index in [1.807, 2.05) is 0 Å². The number of benzene rings is 1. The SMILES string of the molecule is O=C(O)CC(O)(CC(=O)OC(=O)c1ccccc1[N+](=O)[O-])C(=O)O. The number of aliphatic hydroxyl groups is 1. The molecule has 0 heterocycles. The van der Waals surface area contributed by atoms with E-state index < -0.39 is 58.5 Å². The van der Waals surface area contributed by atoms with Gasteiger partial charge in [-0.15, -0.1) is 0 Å². The topological polar surface area (TPSA) is 181 Å². The van der Waals surface area contributed by atoms with Crippen LogP contribution in [0.15, 0.2) is 24.3 Å². The molecule has 3 N–H and O–H groups in total. The lowest BCUT2D eigenvalue weighted by Crippen LogP contribution is -2.43. The minimum atomic E-state index is -2.98. The molecule has 11 heteroatoms. The van der Waals surface area contributed by atoms with E-state index in [0.717, 1.165) is 12.1 Å². The smallest absolute Gasteiger partial charge is 0.352 e. The first-order valence-corrected chi connectivity index (χ1v) is 6.23. The molecule has 0 spiro atoms. The Bertz CT molecular complexity index is 712. The number of carboxylic acids is 2. The van der Waals surface area contributed by atoms with Crippen molar-refractivity contribution >= 4 is 29.6 Å². The number of rotatable bonds is 7. The van der Waals surface area contributed by atoms with E-state index in [-0.39, 0.29) is 0 Å². The van der Waals surface area contributed by atoms with Gasteiger partial charge in [0.05, 0.1) is 17.8 Å². The van der Waals surface area contributed by atoms with Crippen molar-refractivity contribution in [1.82, 2.24) is 0 Å². The predicted molar refractivity (Wildman–Crippen MR) is 73.0 cm³/mol. The van der Waals surface area contributed by atoms with Gasteiger partial charge in [0, 0.05) is 6.07 Å². The quantitative estimate of drug-likeness (QED) is 0.263. The molecule has 0 saturated heterocycles. The highest BCUT2D eigenvalue weighted by Crippen LogP contribution is 2.21. The zero-order valence-corrected chi connectivity index (χ0v) is 11.9. The molecule has 11 nitrogen and oxygen atoms in total. The maximum atomic E-state index is 11.8. The summed E-state index contributed by atoms with van der Waals surface area (Å²) in [6, 6.07) is 4.53. The van der Waals surface area contributed by atoms with E-state index in [9.17, 15) is 34.4 Å². The lowest BCUT2D eigenvalue weighted by atomic mass is 9.96. The summed E-state index contributed by atoms with van der Waals surface area (Å²) in [5, 5.41) is 37.8. The molecule has 0 aliphatic rings. The van der Waals surface area contributed by atoms with Crippen molar-refractivity contribution in [3.63, 3.8) is 0 Å². The Hall–Kier alpha value is -3.34. The number of ether oxygens (including phenoxy) is 1. The summed E-state index contributed by atoms with van der Waals surface area (Å²) < 4.78 is 4.26. The number of nitrogens with zero attached hydrogens (tertiary/aromatic N) is 1. The molecule has 1 rings (SSSR count). The van der Waals surface area contributed by atoms with Gasteiger partial charge in [-0.2, -0.15) is 0 Å². The number of esters is 2. The van der Waals surface area contributed by atoms with Crippen molar-refractivity contribution in [1.29, 1.82) is 0 Å². The standard InChI is InChI=1S/C13H11NO10/c15-9(16)5-13(21,12(19)20)6-10(17)24-11(18)7-3-1-2-4-8(7)14(22)23/h1-4,21H,5-6H2,(H,15,16)(H,19,20). The van der Waals surface area contributed by atoms with E-state index in [0.29, 0.717) is 0 Å². The van der Waals surface area contributed by atoms with E-state index in [1.54, 1.807) is 0 Å². The Kier molecular flexibility index (Phi) is 5.68. The van der Waals surface area contributed by atoms with Gasteiger partial charge in [0.25, 0.3) is 5.69 Å². The zero-order chi connectivity index (χ0) is 18.5. The number of aliphatic carboxylic acids is 2. The summed E-state index contributed by atoms with van der Waals surface area (Å²) in [6.07, 6.45) is -2.64. The highest BCUT2D eigenvalue weighted by atomic mass is 16.6. The molecular formula is C13H11NO10. The summed E-state index contributed by atoms with van der Waals surface area (Å²) in [5.41, 5.74) is -4.19. The summed E-state index contributed by atoms with van der Waals surface area (Å²) in [7, 11) is 0. The van der Waals surface area contributed by atoms with Crippen LogP contribution in [0, 0.1) is 10.1 Å². The fraction of sp³-hybridized carbons (Fsp3) is 0.231. The van der Waals surface area contributed by atoms with Gasteiger partial charge in [0.2, 0.25) is 0 Å². The summed E-state index contributed by atoms with van der Waals surface area (Å²) in [6.45, 7) is 0. The maximum Gasteiger partial charge on any atom is 0.352 e. The fourth-order valence-corrected chi connectivity index (χ4v) is 1.70. The van der Waals surface area contributed by atoms with Crippen molar-refractivity contribution in [2.75, 3.05) is 0 Å². The number of para-hydroxylation sites is 1. The van der Waals surface area contributed by atoms with E-state index in [4.69, 9.17) is 10.2 Å². The predicted octanol–water partition coefficient (Wildman–Crippen LogP) is -0.0413. The molecule has 0 aliphatic heterocycles. The summed E-state index contributed by atoms with van der Waals surface area (Å²) >= 11 is 0. The lowest BCUT2D eigenvalue weighted by Gasteiger charge is -2.19. The second kappa shape index (κ2) is 7.28. The molecule has 0 fully saturated rings. The summed E-state index contributed by atoms with van der Waals surface area (Å²) in [4.78, 5) is 54.7. The second-order valence-corrected chi connectivity index (χ2v) is 4.62. The van der Waals surface area contributed by atoms with Gasteiger partial charge in [-0.25, -0.2) is 9.59 Å². The number of carbonyl (C=O) groups is 4. The highest BCUT2D eigenvalue weighted by molar-refractivity contribution is 6.01. The van der Waals surface area contributed by atoms with E-state index >= 15 is 0 Å². The van der Waals surface area contributed by atoms with Crippen molar-refractivity contribution in [3.05, 3.63) is 39.9 Å². The fourth-order valence-electron chi connectivity index (χ4n) is 1.70. The van der Waals surface area contributed by atoms with E-state index in [2.05, 4.69) is 4.74 Å². The van der Waals surface area contributed by atoms with Crippen molar-refractivity contribution in [2.24, 2.45) is 0 Å². The third-order valence-corrected chi connectivity index (χ3v) is 2.81. The monoisotopic (exact) mass is 341 g/mol. The van der Waals surface area contributed by atoms with Crippen LogP contribution >= 0.6 is 0 Å². The second-order valence-electron chi connectivity index (χ2n) is 4.62. The Balaban J connectivity index is 2.91. The van der Waals surface area contributed by atoms with Crippen LogP contribution in [0.4, 0.5) is 5.69 Å². The first-order valence-electron chi connectivity index (χ1n) is 6.23. The first-order chi connectivity index (χ1) is 11.1. The Morgan fingerprint density at radius 1 is 1.12 bits per heavy atom. The van der Waals surface area contributed by atoms with Gasteiger partial charge in [0.1, 0.15) is 5.56 Å². The molecule has 0 bridgehead atoms. The Morgan fingerprint density at radius 3 is 2.21 bits per heavy atom.